The molecule has 0 unspecified atom stereocenters. The fourth-order valence-corrected chi connectivity index (χ4v) is 0.763. The number of rotatable bonds is 5. The monoisotopic (exact) mass is 263 g/mol. The van der Waals surface area contributed by atoms with Crippen LogP contribution in [0.4, 0.5) is 0 Å². The van der Waals surface area contributed by atoms with Crippen LogP contribution in [-0.4, -0.2) is 22.2 Å². The fourth-order valence-electron chi connectivity index (χ4n) is 0.704. The molecule has 0 amide bonds. The van der Waals surface area contributed by atoms with E-state index >= 15 is 0 Å². The second-order valence-corrected chi connectivity index (χ2v) is 2.75. The molecule has 5 N–H and O–H groups in total. The molecule has 0 radical (unpaired) electrons. The highest BCUT2D eigenvalue weighted by Crippen LogP contribution is 1.94. The molecule has 5 nitrogen and oxygen atoms in total. The Hall–Kier alpha value is -0.300. The summed E-state index contributed by atoms with van der Waals surface area (Å²) in [6.45, 7) is 1.90. The van der Waals surface area contributed by atoms with E-state index in [-0.39, 0.29) is 29.9 Å². The first-order valence-electron chi connectivity index (χ1n) is 3.61. The molecule has 8 heteroatoms. The van der Waals surface area contributed by atoms with Crippen LogP contribution in [-0.2, 0) is 4.79 Å². The van der Waals surface area contributed by atoms with Gasteiger partial charge in [-0.2, -0.15) is 0 Å². The van der Waals surface area contributed by atoms with Crippen molar-refractivity contribution in [1.29, 1.82) is 0 Å². The lowest BCUT2D eigenvalue weighted by Gasteiger charge is -2.13. The summed E-state index contributed by atoms with van der Waals surface area (Å²) in [5.74, 6) is -0.916. The molecule has 0 saturated heterocycles. The van der Waals surface area contributed by atoms with Gasteiger partial charge < -0.3 is 10.8 Å². The maximum atomic E-state index is 10.5. The molecule has 14 heavy (non-hydrogen) atoms. The number of halogens is 2. The Labute approximate surface area is 101 Å². The minimum absolute atomic E-state index is 0. The summed E-state index contributed by atoms with van der Waals surface area (Å²) in [5.41, 5.74) is 10.00. The molecule has 1 atom stereocenters. The Bertz CT molecular complexity index is 182. The Morgan fingerprint density at radius 3 is 2.36 bits per heavy atom. The van der Waals surface area contributed by atoms with Crippen LogP contribution in [0.5, 0.6) is 0 Å². The van der Waals surface area contributed by atoms with Gasteiger partial charge in [-0.05, 0) is 18.6 Å². The molecule has 0 aromatic rings. The van der Waals surface area contributed by atoms with Crippen molar-refractivity contribution >= 4 is 48.1 Å². The summed E-state index contributed by atoms with van der Waals surface area (Å²) in [6, 6.07) is -0.642. The van der Waals surface area contributed by atoms with Gasteiger partial charge in [0.15, 0.2) is 5.11 Å². The average molecular weight is 264 g/mol. The van der Waals surface area contributed by atoms with Gasteiger partial charge in [0.1, 0.15) is 6.04 Å². The molecule has 0 aliphatic rings. The van der Waals surface area contributed by atoms with Crippen molar-refractivity contribution in [3.05, 3.63) is 0 Å². The number of aliphatic carboxylic acids is 1. The topological polar surface area (TPSA) is 87.4 Å². The average Bonchev–Trinajstić information content (AvgIpc) is 1.96. The zero-order chi connectivity index (χ0) is 9.56. The number of nitrogens with two attached hydrogens (primary N) is 1. The van der Waals surface area contributed by atoms with Crippen molar-refractivity contribution in [1.82, 2.24) is 10.9 Å². The highest BCUT2D eigenvalue weighted by molar-refractivity contribution is 7.80. The number of carboxylic acid groups (broad SMARTS) is 1. The quantitative estimate of drug-likeness (QED) is 0.425. The van der Waals surface area contributed by atoms with Crippen molar-refractivity contribution in [2.24, 2.45) is 5.73 Å². The lowest BCUT2D eigenvalue weighted by Crippen LogP contribution is -2.49. The van der Waals surface area contributed by atoms with Gasteiger partial charge in [-0.1, -0.05) is 13.3 Å². The third-order valence-corrected chi connectivity index (χ3v) is 1.35. The van der Waals surface area contributed by atoms with E-state index in [1.807, 2.05) is 6.92 Å². The smallest absolute Gasteiger partial charge is 0.322 e. The van der Waals surface area contributed by atoms with Crippen LogP contribution in [0.2, 0.25) is 0 Å². The third-order valence-electron chi connectivity index (χ3n) is 1.25. The summed E-state index contributed by atoms with van der Waals surface area (Å²) in [4.78, 5) is 10.5. The summed E-state index contributed by atoms with van der Waals surface area (Å²) in [6.07, 6.45) is 1.31. The van der Waals surface area contributed by atoms with E-state index in [1.54, 1.807) is 0 Å². The van der Waals surface area contributed by atoms with Gasteiger partial charge in [0.2, 0.25) is 0 Å². The molecule has 0 heterocycles. The van der Waals surface area contributed by atoms with Crippen LogP contribution < -0.4 is 16.6 Å². The van der Waals surface area contributed by atoms with Gasteiger partial charge in [0.05, 0.1) is 0 Å². The van der Waals surface area contributed by atoms with E-state index in [9.17, 15) is 4.79 Å². The van der Waals surface area contributed by atoms with Crippen molar-refractivity contribution in [3.63, 3.8) is 0 Å². The molecule has 0 aromatic heterocycles. The van der Waals surface area contributed by atoms with E-state index in [0.29, 0.717) is 6.42 Å². The van der Waals surface area contributed by atoms with Crippen molar-refractivity contribution in [2.75, 3.05) is 0 Å². The third kappa shape index (κ3) is 9.79. The fraction of sp³-hybridized carbons (Fsp3) is 0.667. The van der Waals surface area contributed by atoms with Gasteiger partial charge in [0, 0.05) is 0 Å². The Kier molecular flexibility index (Phi) is 14.9. The minimum atomic E-state index is -0.916. The largest absolute Gasteiger partial charge is 0.480 e. The molecule has 0 aliphatic heterocycles. The number of carboxylic acids is 1. The van der Waals surface area contributed by atoms with Crippen LogP contribution in [0, 0.1) is 0 Å². The van der Waals surface area contributed by atoms with E-state index in [1.165, 1.54) is 0 Å². The zero-order valence-corrected chi connectivity index (χ0v) is 10.1. The predicted molar refractivity (Wildman–Crippen MR) is 63.9 cm³/mol. The number of thiocarbonyl (C=S) groups is 1. The maximum Gasteiger partial charge on any atom is 0.322 e. The van der Waals surface area contributed by atoms with Crippen molar-refractivity contribution in [3.8, 4) is 0 Å². The molecular weight excluding hydrogens is 249 g/mol. The van der Waals surface area contributed by atoms with E-state index in [4.69, 9.17) is 10.8 Å². The highest BCUT2D eigenvalue weighted by atomic mass is 35.5. The van der Waals surface area contributed by atoms with Crippen LogP contribution in [0.25, 0.3) is 0 Å². The second kappa shape index (κ2) is 10.8. The van der Waals surface area contributed by atoms with E-state index in [0.717, 1.165) is 6.42 Å². The molecule has 0 bridgehead atoms. The maximum absolute atomic E-state index is 10.5. The van der Waals surface area contributed by atoms with Crippen molar-refractivity contribution < 1.29 is 9.90 Å². The number of hydrazine groups is 1. The number of carbonyl (C=O) groups is 1. The van der Waals surface area contributed by atoms with Crippen LogP contribution in [0.15, 0.2) is 0 Å². The molecular formula is C6H15Cl2N3O2S. The molecule has 0 aliphatic carbocycles. The summed E-state index contributed by atoms with van der Waals surface area (Å²) < 4.78 is 0. The summed E-state index contributed by atoms with van der Waals surface area (Å²) in [5, 5.41) is 8.67. The van der Waals surface area contributed by atoms with Crippen LogP contribution >= 0.6 is 37.0 Å². The molecule has 0 aromatic carbocycles. The zero-order valence-electron chi connectivity index (χ0n) is 7.65. The first-order chi connectivity index (χ1) is 5.57. The summed E-state index contributed by atoms with van der Waals surface area (Å²) >= 11 is 4.50. The highest BCUT2D eigenvalue weighted by Gasteiger charge is 2.14. The number of nitrogens with one attached hydrogen (secondary N) is 2. The Morgan fingerprint density at radius 2 is 2.07 bits per heavy atom. The Balaban J connectivity index is -0.000000605. The lowest BCUT2D eigenvalue weighted by atomic mass is 10.2. The standard InChI is InChI=1S/C6H13N3O2S.2ClH/c1-2-3-4(5(10)11)8-9-6(7)12;;/h4,8H,2-3H2,1H3,(H,10,11)(H3,7,9,12);2*1H/t4-;;/m0../s1. The van der Waals surface area contributed by atoms with Crippen LogP contribution in [0.3, 0.4) is 0 Å². The van der Waals surface area contributed by atoms with E-state index in [2.05, 4.69) is 23.1 Å². The Morgan fingerprint density at radius 1 is 1.57 bits per heavy atom. The second-order valence-electron chi connectivity index (χ2n) is 2.31. The molecule has 0 saturated carbocycles. The number of hydrogen-bond donors (Lipinski definition) is 4. The summed E-state index contributed by atoms with van der Waals surface area (Å²) in [7, 11) is 0. The molecule has 0 fully saturated rings. The first kappa shape index (κ1) is 19.3. The van der Waals surface area contributed by atoms with Gasteiger partial charge in [-0.25, -0.2) is 5.43 Å². The van der Waals surface area contributed by atoms with Gasteiger partial charge >= 0.3 is 5.97 Å². The van der Waals surface area contributed by atoms with Gasteiger partial charge in [-0.3, -0.25) is 10.2 Å². The van der Waals surface area contributed by atoms with Gasteiger partial charge in [0.25, 0.3) is 0 Å². The molecule has 0 spiro atoms. The van der Waals surface area contributed by atoms with Gasteiger partial charge in [-0.15, -0.1) is 24.8 Å². The van der Waals surface area contributed by atoms with E-state index < -0.39 is 12.0 Å². The number of hydrogen-bond acceptors (Lipinski definition) is 3. The van der Waals surface area contributed by atoms with Crippen molar-refractivity contribution in [2.45, 2.75) is 25.8 Å². The predicted octanol–water partition coefficient (Wildman–Crippen LogP) is 0.421. The lowest BCUT2D eigenvalue weighted by molar-refractivity contribution is -0.139. The molecule has 86 valence electrons. The molecule has 0 rings (SSSR count). The normalized spacial score (nSPS) is 10.4. The van der Waals surface area contributed by atoms with Crippen LogP contribution in [0.1, 0.15) is 19.8 Å². The SMILES string of the molecule is CCC[C@H](NNC(N)=S)C(=O)O.Cl.Cl. The minimum Gasteiger partial charge on any atom is -0.480 e. The first-order valence-corrected chi connectivity index (χ1v) is 4.02.